The number of aryl methyl sites for hydroxylation is 1. The smallest absolute Gasteiger partial charge is 0.256 e. The fraction of sp³-hybridized carbons (Fsp3) is 0.0588. The van der Waals surface area contributed by atoms with Crippen molar-refractivity contribution in [2.45, 2.75) is 6.92 Å². The average molecular weight is 263 g/mol. The summed E-state index contributed by atoms with van der Waals surface area (Å²) in [4.78, 5) is 24.1. The highest BCUT2D eigenvalue weighted by Gasteiger charge is 2.24. The van der Waals surface area contributed by atoms with Crippen LogP contribution in [0.5, 0.6) is 0 Å². The zero-order valence-electron chi connectivity index (χ0n) is 11.0. The quantitative estimate of drug-likeness (QED) is 0.668. The lowest BCUT2D eigenvalue weighted by molar-refractivity contribution is -0.110. The van der Waals surface area contributed by atoms with Crippen molar-refractivity contribution in [1.29, 1.82) is 0 Å². The van der Waals surface area contributed by atoms with Crippen LogP contribution in [0.15, 0.2) is 54.6 Å². The van der Waals surface area contributed by atoms with Gasteiger partial charge in [-0.2, -0.15) is 0 Å². The van der Waals surface area contributed by atoms with Gasteiger partial charge in [-0.05, 0) is 19.1 Å². The molecule has 20 heavy (non-hydrogen) atoms. The Labute approximate surface area is 116 Å². The molecule has 0 bridgehead atoms. The first-order valence-electron chi connectivity index (χ1n) is 6.38. The monoisotopic (exact) mass is 263 g/mol. The Bertz CT molecular complexity index is 727. The van der Waals surface area contributed by atoms with Crippen LogP contribution in [0.2, 0.25) is 0 Å². The van der Waals surface area contributed by atoms with Crippen molar-refractivity contribution in [3.05, 3.63) is 71.3 Å². The molecule has 1 amide bonds. The normalized spacial score (nSPS) is 15.1. The highest BCUT2D eigenvalue weighted by atomic mass is 16.2. The number of amides is 1. The van der Waals surface area contributed by atoms with Crippen molar-refractivity contribution < 1.29 is 9.59 Å². The van der Waals surface area contributed by atoms with E-state index in [1.165, 1.54) is 6.08 Å². The van der Waals surface area contributed by atoms with Crippen molar-refractivity contribution >= 4 is 23.0 Å². The molecule has 0 atom stereocenters. The van der Waals surface area contributed by atoms with Gasteiger partial charge in [-0.1, -0.05) is 48.0 Å². The number of rotatable bonds is 2. The maximum Gasteiger partial charge on any atom is 0.256 e. The molecule has 3 rings (SSSR count). The minimum atomic E-state index is -0.230. The topological polar surface area (TPSA) is 46.2 Å². The Balaban J connectivity index is 1.98. The number of ketones is 1. The summed E-state index contributed by atoms with van der Waals surface area (Å²) < 4.78 is 0. The number of para-hydroxylation sites is 1. The first-order valence-corrected chi connectivity index (χ1v) is 6.38. The summed E-state index contributed by atoms with van der Waals surface area (Å²) >= 11 is 0. The van der Waals surface area contributed by atoms with Crippen molar-refractivity contribution in [2.24, 2.45) is 0 Å². The first-order chi connectivity index (χ1) is 9.65. The molecule has 2 aromatic rings. The summed E-state index contributed by atoms with van der Waals surface area (Å²) in [5.41, 5.74) is 3.63. The molecule has 0 radical (unpaired) electrons. The molecule has 0 aromatic heterocycles. The lowest BCUT2D eigenvalue weighted by Gasteiger charge is -1.99. The van der Waals surface area contributed by atoms with Crippen LogP contribution >= 0.6 is 0 Å². The summed E-state index contributed by atoms with van der Waals surface area (Å²) in [6.07, 6.45) is 1.41. The third kappa shape index (κ3) is 2.14. The fourth-order valence-corrected chi connectivity index (χ4v) is 2.21. The van der Waals surface area contributed by atoms with Crippen LogP contribution in [0.1, 0.15) is 21.5 Å². The number of allylic oxidation sites excluding steroid dienone is 1. The maximum absolute atomic E-state index is 12.2. The SMILES string of the molecule is Cc1ccc(C(=O)/C=C2/C(=O)Nc3ccccc32)cc1. The molecule has 1 N–H and O–H groups in total. The molecule has 0 saturated carbocycles. The lowest BCUT2D eigenvalue weighted by Crippen LogP contribution is -2.06. The number of hydrogen-bond donors (Lipinski definition) is 1. The van der Waals surface area contributed by atoms with E-state index in [-0.39, 0.29) is 11.7 Å². The van der Waals surface area contributed by atoms with Gasteiger partial charge in [0.25, 0.3) is 5.91 Å². The molecule has 2 aromatic carbocycles. The average Bonchev–Trinajstić information content (AvgIpc) is 2.76. The third-order valence-corrected chi connectivity index (χ3v) is 3.32. The van der Waals surface area contributed by atoms with Gasteiger partial charge in [0.05, 0.1) is 5.57 Å². The van der Waals surface area contributed by atoms with E-state index in [9.17, 15) is 9.59 Å². The second-order valence-electron chi connectivity index (χ2n) is 4.79. The molecule has 0 saturated heterocycles. The molecule has 0 spiro atoms. The number of benzene rings is 2. The number of nitrogens with one attached hydrogen (secondary N) is 1. The number of carbonyl (C=O) groups is 2. The highest BCUT2D eigenvalue weighted by Crippen LogP contribution is 2.31. The number of hydrogen-bond acceptors (Lipinski definition) is 2. The van der Waals surface area contributed by atoms with Crippen molar-refractivity contribution in [3.8, 4) is 0 Å². The Morgan fingerprint density at radius 3 is 2.50 bits per heavy atom. The van der Waals surface area contributed by atoms with Gasteiger partial charge in [0.1, 0.15) is 0 Å². The maximum atomic E-state index is 12.2. The molecular formula is C17H13NO2. The minimum absolute atomic E-state index is 0.160. The van der Waals surface area contributed by atoms with Crippen LogP contribution in [0.3, 0.4) is 0 Å². The summed E-state index contributed by atoms with van der Waals surface area (Å²) in [6.45, 7) is 1.97. The summed E-state index contributed by atoms with van der Waals surface area (Å²) in [7, 11) is 0. The molecule has 3 heteroatoms. The largest absolute Gasteiger partial charge is 0.321 e. The highest BCUT2D eigenvalue weighted by molar-refractivity contribution is 6.35. The van der Waals surface area contributed by atoms with Gasteiger partial charge in [0, 0.05) is 16.8 Å². The second-order valence-corrected chi connectivity index (χ2v) is 4.79. The predicted molar refractivity (Wildman–Crippen MR) is 78.6 cm³/mol. The van der Waals surface area contributed by atoms with Gasteiger partial charge in [0.15, 0.2) is 5.78 Å². The first kappa shape index (κ1) is 12.4. The molecule has 98 valence electrons. The third-order valence-electron chi connectivity index (χ3n) is 3.32. The summed E-state index contributed by atoms with van der Waals surface area (Å²) in [5.74, 6) is -0.390. The van der Waals surface area contributed by atoms with Crippen molar-refractivity contribution in [2.75, 3.05) is 5.32 Å². The number of carbonyl (C=O) groups excluding carboxylic acids is 2. The van der Waals surface area contributed by atoms with Gasteiger partial charge in [0.2, 0.25) is 0 Å². The van der Waals surface area contributed by atoms with E-state index >= 15 is 0 Å². The van der Waals surface area contributed by atoms with Gasteiger partial charge < -0.3 is 5.32 Å². The van der Waals surface area contributed by atoms with E-state index in [2.05, 4.69) is 5.32 Å². The van der Waals surface area contributed by atoms with E-state index in [1.54, 1.807) is 12.1 Å². The van der Waals surface area contributed by atoms with Crippen LogP contribution in [0, 0.1) is 6.92 Å². The second kappa shape index (κ2) is 4.78. The Kier molecular flexibility index (Phi) is 2.95. The van der Waals surface area contributed by atoms with Crippen LogP contribution in [-0.2, 0) is 4.79 Å². The Hall–Kier alpha value is -2.68. The molecule has 0 unspecified atom stereocenters. The standard InChI is InChI=1S/C17H13NO2/c1-11-6-8-12(9-7-11)16(19)10-14-13-4-2-3-5-15(13)18-17(14)20/h2-10H,1H3,(H,18,20)/b14-10+. The Morgan fingerprint density at radius 1 is 1.05 bits per heavy atom. The predicted octanol–water partition coefficient (Wildman–Crippen LogP) is 3.21. The number of anilines is 1. The van der Waals surface area contributed by atoms with E-state index < -0.39 is 0 Å². The van der Waals surface area contributed by atoms with Gasteiger partial charge in [-0.3, -0.25) is 9.59 Å². The zero-order valence-corrected chi connectivity index (χ0v) is 11.0. The summed E-state index contributed by atoms with van der Waals surface area (Å²) in [6, 6.07) is 14.7. The van der Waals surface area contributed by atoms with E-state index in [0.29, 0.717) is 11.1 Å². The van der Waals surface area contributed by atoms with E-state index in [1.807, 2.05) is 43.3 Å². The lowest BCUT2D eigenvalue weighted by atomic mass is 10.0. The molecule has 1 aliphatic heterocycles. The van der Waals surface area contributed by atoms with Crippen LogP contribution in [-0.4, -0.2) is 11.7 Å². The zero-order chi connectivity index (χ0) is 14.1. The molecule has 0 aliphatic carbocycles. The van der Waals surface area contributed by atoms with Gasteiger partial charge in [-0.15, -0.1) is 0 Å². The minimum Gasteiger partial charge on any atom is -0.321 e. The van der Waals surface area contributed by atoms with Gasteiger partial charge >= 0.3 is 0 Å². The fourth-order valence-electron chi connectivity index (χ4n) is 2.21. The number of fused-ring (bicyclic) bond motifs is 1. The molecule has 1 aliphatic rings. The van der Waals surface area contributed by atoms with Crippen LogP contribution in [0.4, 0.5) is 5.69 Å². The van der Waals surface area contributed by atoms with Crippen LogP contribution < -0.4 is 5.32 Å². The summed E-state index contributed by atoms with van der Waals surface area (Å²) in [5, 5.41) is 2.75. The van der Waals surface area contributed by atoms with Crippen molar-refractivity contribution in [3.63, 3.8) is 0 Å². The Morgan fingerprint density at radius 2 is 1.75 bits per heavy atom. The molecule has 0 fully saturated rings. The van der Waals surface area contributed by atoms with E-state index in [0.717, 1.165) is 16.8 Å². The molecule has 3 nitrogen and oxygen atoms in total. The van der Waals surface area contributed by atoms with Crippen molar-refractivity contribution in [1.82, 2.24) is 0 Å². The molecule has 1 heterocycles. The molecular weight excluding hydrogens is 250 g/mol. The van der Waals surface area contributed by atoms with Crippen LogP contribution in [0.25, 0.3) is 5.57 Å². The van der Waals surface area contributed by atoms with Gasteiger partial charge in [-0.25, -0.2) is 0 Å². The van der Waals surface area contributed by atoms with E-state index in [4.69, 9.17) is 0 Å².